The molecule has 2 saturated heterocycles. The lowest BCUT2D eigenvalue weighted by molar-refractivity contribution is -0.189. The first-order chi connectivity index (χ1) is 9.06. The summed E-state index contributed by atoms with van der Waals surface area (Å²) in [7, 11) is 1.85. The molecule has 0 saturated carbocycles. The average Bonchev–Trinajstić information content (AvgIpc) is 2.87. The van der Waals surface area contributed by atoms with E-state index in [1.165, 1.54) is 0 Å². The van der Waals surface area contributed by atoms with Crippen LogP contribution in [0.25, 0.3) is 0 Å². The number of rotatable bonds is 5. The van der Waals surface area contributed by atoms with Gasteiger partial charge >= 0.3 is 0 Å². The summed E-state index contributed by atoms with van der Waals surface area (Å²) in [6.45, 7) is 7.70. The van der Waals surface area contributed by atoms with Gasteiger partial charge in [0.05, 0.1) is 19.3 Å². The van der Waals surface area contributed by atoms with E-state index in [0.29, 0.717) is 13.2 Å². The molecule has 5 nitrogen and oxygen atoms in total. The Balaban J connectivity index is 1.79. The fraction of sp³-hybridized carbons (Fsp3) is 1.00. The standard InChI is InChI=1S/C13H26FN3O2/c1-4-16(3)15-12(14)11(2)17-7-5-13(6-8-17)18-9-10-19-13/h11-12,15H,4-10H2,1-3H3/t11?,12-/m1/s1. The van der Waals surface area contributed by atoms with Crippen LogP contribution in [-0.2, 0) is 9.47 Å². The van der Waals surface area contributed by atoms with Gasteiger partial charge in [-0.05, 0) is 6.92 Å². The maximum absolute atomic E-state index is 14.1. The zero-order valence-corrected chi connectivity index (χ0v) is 12.2. The Hall–Kier alpha value is -0.270. The van der Waals surface area contributed by atoms with Crippen molar-refractivity contribution in [3.63, 3.8) is 0 Å². The number of halogens is 1. The summed E-state index contributed by atoms with van der Waals surface area (Å²) in [6, 6.07) is -0.146. The van der Waals surface area contributed by atoms with Crippen molar-refractivity contribution in [2.45, 2.75) is 44.8 Å². The molecule has 1 spiro atoms. The van der Waals surface area contributed by atoms with Crippen molar-refractivity contribution in [2.75, 3.05) is 39.9 Å². The van der Waals surface area contributed by atoms with Gasteiger partial charge in [0.25, 0.3) is 0 Å². The van der Waals surface area contributed by atoms with Gasteiger partial charge in [0.1, 0.15) is 0 Å². The fourth-order valence-corrected chi connectivity index (χ4v) is 2.65. The van der Waals surface area contributed by atoms with E-state index < -0.39 is 6.30 Å². The van der Waals surface area contributed by atoms with Crippen LogP contribution < -0.4 is 5.43 Å². The lowest BCUT2D eigenvalue weighted by Gasteiger charge is -2.41. The zero-order valence-electron chi connectivity index (χ0n) is 12.2. The highest BCUT2D eigenvalue weighted by molar-refractivity contribution is 4.86. The van der Waals surface area contributed by atoms with Crippen molar-refractivity contribution in [1.29, 1.82) is 0 Å². The Labute approximate surface area is 115 Å². The molecule has 2 aliphatic rings. The highest BCUT2D eigenvalue weighted by Crippen LogP contribution is 2.32. The number of likely N-dealkylation sites (tertiary alicyclic amines) is 1. The topological polar surface area (TPSA) is 37.0 Å². The van der Waals surface area contributed by atoms with Crippen LogP contribution in [0.2, 0.25) is 0 Å². The first-order valence-electron chi connectivity index (χ1n) is 7.20. The number of nitrogens with zero attached hydrogens (tertiary/aromatic N) is 2. The summed E-state index contributed by atoms with van der Waals surface area (Å²) < 4.78 is 25.5. The number of hydrogen-bond donors (Lipinski definition) is 1. The van der Waals surface area contributed by atoms with Crippen LogP contribution in [0, 0.1) is 0 Å². The van der Waals surface area contributed by atoms with Crippen LogP contribution >= 0.6 is 0 Å². The van der Waals surface area contributed by atoms with Gasteiger partial charge in [-0.2, -0.15) is 0 Å². The van der Waals surface area contributed by atoms with Crippen LogP contribution in [0.15, 0.2) is 0 Å². The minimum absolute atomic E-state index is 0.146. The van der Waals surface area contributed by atoms with Crippen LogP contribution in [0.1, 0.15) is 26.7 Å². The average molecular weight is 275 g/mol. The van der Waals surface area contributed by atoms with Gasteiger partial charge in [-0.3, -0.25) is 4.90 Å². The predicted octanol–water partition coefficient (Wildman–Crippen LogP) is 0.966. The van der Waals surface area contributed by atoms with Gasteiger partial charge in [0.2, 0.25) is 0 Å². The maximum atomic E-state index is 14.1. The molecule has 112 valence electrons. The van der Waals surface area contributed by atoms with E-state index in [-0.39, 0.29) is 11.8 Å². The molecule has 0 bridgehead atoms. The van der Waals surface area contributed by atoms with Crippen LogP contribution in [0.5, 0.6) is 0 Å². The third-order valence-electron chi connectivity index (χ3n) is 4.19. The monoisotopic (exact) mass is 275 g/mol. The Morgan fingerprint density at radius 3 is 2.42 bits per heavy atom. The molecule has 1 N–H and O–H groups in total. The molecule has 0 aromatic carbocycles. The Kier molecular flexibility index (Phi) is 5.14. The first kappa shape index (κ1) is 15.1. The van der Waals surface area contributed by atoms with Crippen LogP contribution in [0.3, 0.4) is 0 Å². The second-order valence-corrected chi connectivity index (χ2v) is 5.43. The number of hydrogen-bond acceptors (Lipinski definition) is 5. The Bertz CT molecular complexity index is 277. The number of piperidine rings is 1. The smallest absolute Gasteiger partial charge is 0.178 e. The van der Waals surface area contributed by atoms with Gasteiger partial charge in [-0.25, -0.2) is 14.8 Å². The minimum Gasteiger partial charge on any atom is -0.347 e. The van der Waals surface area contributed by atoms with E-state index >= 15 is 0 Å². The molecule has 2 heterocycles. The molecule has 19 heavy (non-hydrogen) atoms. The molecule has 2 atom stereocenters. The van der Waals surface area contributed by atoms with Crippen molar-refractivity contribution in [3.05, 3.63) is 0 Å². The summed E-state index contributed by atoms with van der Waals surface area (Å²) in [6.07, 6.45) is 0.603. The van der Waals surface area contributed by atoms with Crippen molar-refractivity contribution >= 4 is 0 Å². The van der Waals surface area contributed by atoms with Crippen molar-refractivity contribution in [1.82, 2.24) is 15.3 Å². The molecule has 0 radical (unpaired) electrons. The molecule has 0 aromatic rings. The summed E-state index contributed by atoms with van der Waals surface area (Å²) in [4.78, 5) is 2.16. The molecule has 1 unspecified atom stereocenters. The van der Waals surface area contributed by atoms with E-state index in [0.717, 1.165) is 32.5 Å². The van der Waals surface area contributed by atoms with Crippen LogP contribution in [0.4, 0.5) is 4.39 Å². The van der Waals surface area contributed by atoms with Crippen molar-refractivity contribution in [2.24, 2.45) is 0 Å². The summed E-state index contributed by atoms with van der Waals surface area (Å²) in [5.74, 6) is -0.379. The number of hydrazine groups is 1. The third kappa shape index (κ3) is 3.64. The van der Waals surface area contributed by atoms with Gasteiger partial charge in [0.15, 0.2) is 12.1 Å². The Morgan fingerprint density at radius 1 is 1.32 bits per heavy atom. The van der Waals surface area contributed by atoms with Gasteiger partial charge in [0, 0.05) is 39.5 Å². The van der Waals surface area contributed by atoms with E-state index in [2.05, 4.69) is 10.3 Å². The third-order valence-corrected chi connectivity index (χ3v) is 4.19. The summed E-state index contributed by atoms with van der Waals surface area (Å²) in [5, 5.41) is 1.77. The second-order valence-electron chi connectivity index (χ2n) is 5.43. The van der Waals surface area contributed by atoms with Crippen LogP contribution in [-0.4, -0.2) is 67.9 Å². The quantitative estimate of drug-likeness (QED) is 0.597. The normalized spacial score (nSPS) is 27.0. The molecular weight excluding hydrogens is 249 g/mol. The van der Waals surface area contributed by atoms with E-state index in [9.17, 15) is 4.39 Å². The molecule has 0 aromatic heterocycles. The van der Waals surface area contributed by atoms with E-state index in [1.807, 2.05) is 20.9 Å². The number of alkyl halides is 1. The lowest BCUT2D eigenvalue weighted by Crippen LogP contribution is -2.55. The molecule has 2 rings (SSSR count). The second kappa shape index (κ2) is 6.45. The molecule has 0 aliphatic carbocycles. The number of ether oxygens (including phenoxy) is 2. The fourth-order valence-electron chi connectivity index (χ4n) is 2.65. The van der Waals surface area contributed by atoms with Gasteiger partial charge in [-0.15, -0.1) is 0 Å². The first-order valence-corrected chi connectivity index (χ1v) is 7.20. The Morgan fingerprint density at radius 2 is 1.89 bits per heavy atom. The highest BCUT2D eigenvalue weighted by Gasteiger charge is 2.41. The van der Waals surface area contributed by atoms with Gasteiger partial charge < -0.3 is 9.47 Å². The number of nitrogens with one attached hydrogen (secondary N) is 1. The SMILES string of the molecule is CCN(C)N[C@@H](F)C(C)N1CCC2(CC1)OCCO2. The lowest BCUT2D eigenvalue weighted by atomic mass is 10.0. The zero-order chi connectivity index (χ0) is 13.9. The van der Waals surface area contributed by atoms with E-state index in [1.54, 1.807) is 5.01 Å². The largest absolute Gasteiger partial charge is 0.347 e. The van der Waals surface area contributed by atoms with E-state index in [4.69, 9.17) is 9.47 Å². The predicted molar refractivity (Wildman–Crippen MR) is 71.2 cm³/mol. The maximum Gasteiger partial charge on any atom is 0.178 e. The molecule has 2 aliphatic heterocycles. The molecular formula is C13H26FN3O2. The van der Waals surface area contributed by atoms with Gasteiger partial charge in [-0.1, -0.05) is 6.92 Å². The molecule has 2 fully saturated rings. The summed E-state index contributed by atoms with van der Waals surface area (Å²) in [5.41, 5.74) is 2.85. The molecule has 6 heteroatoms. The van der Waals surface area contributed by atoms with Crippen molar-refractivity contribution in [3.8, 4) is 0 Å². The summed E-state index contributed by atoms with van der Waals surface area (Å²) >= 11 is 0. The van der Waals surface area contributed by atoms with Crippen molar-refractivity contribution < 1.29 is 13.9 Å². The minimum atomic E-state index is -1.05. The molecule has 0 amide bonds. The highest BCUT2D eigenvalue weighted by atomic mass is 19.1.